The van der Waals surface area contributed by atoms with Gasteiger partial charge < -0.3 is 54.3 Å². The lowest BCUT2D eigenvalue weighted by Gasteiger charge is -2.65. The van der Waals surface area contributed by atoms with Crippen molar-refractivity contribution in [2.24, 2.45) is 34.3 Å². The molecule has 5 fully saturated rings. The molecule has 1 aliphatic heterocycles. The van der Waals surface area contributed by atoms with Gasteiger partial charge in [-0.05, 0) is 110 Å². The molecule has 0 spiro atoms. The fourth-order valence-electron chi connectivity index (χ4n) is 10.7. The number of nitrogens with two attached hydrogens (primary N) is 1. The first-order valence-electron chi connectivity index (χ1n) is 20.7. The van der Waals surface area contributed by atoms with E-state index in [-0.39, 0.29) is 79.0 Å². The quantitative estimate of drug-likeness (QED) is 0.0962. The molecule has 60 heavy (non-hydrogen) atoms. The average molecular weight is 838 g/mol. The van der Waals surface area contributed by atoms with Gasteiger partial charge in [-0.15, -0.1) is 0 Å². The Balaban J connectivity index is 0.844. The summed E-state index contributed by atoms with van der Waals surface area (Å²) in [7, 11) is 4.58. The van der Waals surface area contributed by atoms with Crippen LogP contribution in [0.25, 0.3) is 0 Å². The molecule has 0 aromatic heterocycles. The van der Waals surface area contributed by atoms with Crippen molar-refractivity contribution >= 4 is 30.1 Å². The van der Waals surface area contributed by atoms with Gasteiger partial charge in [-0.3, -0.25) is 14.4 Å². The number of esters is 3. The first-order chi connectivity index (χ1) is 28.6. The number of methoxy groups -OCH3 is 3. The maximum absolute atomic E-state index is 12.7. The van der Waals surface area contributed by atoms with Gasteiger partial charge in [0.05, 0.1) is 40.4 Å². The molecule has 1 heterocycles. The van der Waals surface area contributed by atoms with Crippen LogP contribution < -0.4 is 35.3 Å². The van der Waals surface area contributed by atoms with Gasteiger partial charge in [0.15, 0.2) is 23.0 Å². The molecule has 2 aromatic rings. The Bertz CT molecular complexity index is 1890. The molecule has 16 nitrogen and oxygen atoms in total. The second-order valence-electron chi connectivity index (χ2n) is 17.6. The van der Waals surface area contributed by atoms with E-state index in [1.807, 2.05) is 18.2 Å². The van der Waals surface area contributed by atoms with Crippen LogP contribution in [0.1, 0.15) is 76.3 Å². The van der Waals surface area contributed by atoms with Crippen LogP contribution in [-0.4, -0.2) is 96.0 Å². The maximum Gasteiger partial charge on any atom is 0.412 e. The molecule has 4 bridgehead atoms. The zero-order valence-electron chi connectivity index (χ0n) is 35.3. The second-order valence-corrected chi connectivity index (χ2v) is 17.6. The summed E-state index contributed by atoms with van der Waals surface area (Å²) in [5.74, 6) is 0.215. The van der Waals surface area contributed by atoms with Crippen LogP contribution in [0.2, 0.25) is 0 Å². The smallest absolute Gasteiger partial charge is 0.412 e. The average Bonchev–Trinajstić information content (AvgIpc) is 3.52. The van der Waals surface area contributed by atoms with E-state index in [0.29, 0.717) is 36.9 Å². The van der Waals surface area contributed by atoms with Gasteiger partial charge in [-0.25, -0.2) is 9.59 Å². The van der Waals surface area contributed by atoms with Crippen LogP contribution in [0.15, 0.2) is 36.4 Å². The number of carbonyl (C=O) groups is 5. The van der Waals surface area contributed by atoms with Crippen LogP contribution >= 0.6 is 0 Å². The summed E-state index contributed by atoms with van der Waals surface area (Å²) in [5.41, 5.74) is 7.95. The number of benzene rings is 2. The minimum Gasteiger partial charge on any atom is -0.493 e. The van der Waals surface area contributed by atoms with E-state index in [2.05, 4.69) is 24.5 Å². The summed E-state index contributed by atoms with van der Waals surface area (Å²) in [6.45, 7) is 4.50. The zero-order valence-corrected chi connectivity index (χ0v) is 35.3. The van der Waals surface area contributed by atoms with Crippen molar-refractivity contribution in [1.29, 1.82) is 0 Å². The molecule has 7 rings (SSSR count). The minimum atomic E-state index is -1.09. The topological polar surface area (TPSA) is 209 Å². The molecule has 328 valence electrons. The lowest BCUT2D eigenvalue weighted by molar-refractivity contribution is -0.147. The second kappa shape index (κ2) is 19.0. The molecule has 2 aromatic carbocycles. The Hall–Kier alpha value is -5.25. The predicted octanol–water partition coefficient (Wildman–Crippen LogP) is 5.04. The number of carbonyl (C=O) groups excluding carboxylic acids is 5. The number of nitrogens with one attached hydrogen (secondary N) is 2. The largest absolute Gasteiger partial charge is 0.493 e. The molecule has 4 saturated carbocycles. The van der Waals surface area contributed by atoms with Crippen molar-refractivity contribution in [3.05, 3.63) is 47.5 Å². The Morgan fingerprint density at radius 3 is 2.08 bits per heavy atom. The van der Waals surface area contributed by atoms with Crippen LogP contribution in [0.4, 0.5) is 9.59 Å². The normalized spacial score (nSPS) is 26.6. The third-order valence-corrected chi connectivity index (χ3v) is 12.3. The first-order valence-corrected chi connectivity index (χ1v) is 20.7. The van der Waals surface area contributed by atoms with Crippen molar-refractivity contribution in [3.63, 3.8) is 0 Å². The lowest BCUT2D eigenvalue weighted by Crippen LogP contribution is -2.65. The number of ether oxygens (including phenoxy) is 8. The van der Waals surface area contributed by atoms with Crippen LogP contribution in [0.3, 0.4) is 0 Å². The molecule has 5 atom stereocenters. The highest BCUT2D eigenvalue weighted by Crippen LogP contribution is 2.66. The summed E-state index contributed by atoms with van der Waals surface area (Å²) in [6, 6.07) is 9.60. The maximum atomic E-state index is 12.7. The summed E-state index contributed by atoms with van der Waals surface area (Å²) in [5, 5.41) is 5.66. The third kappa shape index (κ3) is 11.1. The van der Waals surface area contributed by atoms with Gasteiger partial charge in [-0.1, -0.05) is 26.0 Å². The highest BCUT2D eigenvalue weighted by atomic mass is 16.6. The molecule has 2 unspecified atom stereocenters. The van der Waals surface area contributed by atoms with E-state index in [1.54, 1.807) is 32.4 Å². The van der Waals surface area contributed by atoms with E-state index in [4.69, 9.17) is 43.6 Å². The number of amides is 2. The van der Waals surface area contributed by atoms with Crippen molar-refractivity contribution < 1.29 is 61.9 Å². The predicted molar refractivity (Wildman–Crippen MR) is 216 cm³/mol. The summed E-state index contributed by atoms with van der Waals surface area (Å²) >= 11 is 0. The Morgan fingerprint density at radius 2 is 1.42 bits per heavy atom. The highest BCUT2D eigenvalue weighted by Gasteiger charge is 2.60. The van der Waals surface area contributed by atoms with E-state index >= 15 is 0 Å². The van der Waals surface area contributed by atoms with Gasteiger partial charge >= 0.3 is 30.1 Å². The Labute approximate surface area is 350 Å². The Morgan fingerprint density at radius 1 is 0.783 bits per heavy atom. The standard InChI is InChI=1S/C44H59N3O13/c1-42-20-29-21-43(2,24-42)26-44(22-29,25-42)47-41(52)58-15-14-56-37(48)11-8-32(45)39(50)57-13-12-46-40(51)60-34-10-7-28(19-36(34)55-5)17-31-30(23-59-38(31)49)16-27-6-9-33(53-3)35(18-27)54-4/h6-7,9-10,18-19,29-32H,8,11-17,20-26,45H2,1-5H3,(H,46,51)(H,47,52)/t29?,30-,31+,32-,42?,43?,44?/m0/s1. The minimum absolute atomic E-state index is 0.0218. The summed E-state index contributed by atoms with van der Waals surface area (Å²) in [4.78, 5) is 62.6. The molecule has 4 N–H and O–H groups in total. The number of cyclic esters (lactones) is 1. The van der Waals surface area contributed by atoms with Crippen molar-refractivity contribution in [1.82, 2.24) is 10.6 Å². The van der Waals surface area contributed by atoms with Crippen LogP contribution in [0.5, 0.6) is 23.0 Å². The molecule has 16 heteroatoms. The lowest BCUT2D eigenvalue weighted by atomic mass is 9.43. The van der Waals surface area contributed by atoms with Crippen molar-refractivity contribution in [2.75, 3.05) is 54.3 Å². The monoisotopic (exact) mass is 837 g/mol. The zero-order chi connectivity index (χ0) is 43.1. The molecular weight excluding hydrogens is 778 g/mol. The van der Waals surface area contributed by atoms with Crippen molar-refractivity contribution in [2.45, 2.75) is 89.6 Å². The molecule has 5 aliphatic rings. The van der Waals surface area contributed by atoms with Gasteiger partial charge in [0.1, 0.15) is 25.9 Å². The van der Waals surface area contributed by atoms with Crippen LogP contribution in [0, 0.1) is 28.6 Å². The molecular formula is C44H59N3O13. The molecule has 1 saturated heterocycles. The summed E-state index contributed by atoms with van der Waals surface area (Å²) in [6.07, 6.45) is 6.07. The van der Waals surface area contributed by atoms with Gasteiger partial charge in [0, 0.05) is 17.9 Å². The SMILES string of the molecule is COc1ccc(C[C@H]2COC(=O)[C@@H]2Cc2ccc(OC(=O)NCCOC(=O)[C@@H](N)CCC(=O)OCCOC(=O)NC34CC5CC(C)(CC(C)(C5)C3)C4)c(OC)c2)cc1OC. The number of hydrogen-bond acceptors (Lipinski definition) is 14. The third-order valence-electron chi connectivity index (χ3n) is 12.3. The first kappa shape index (κ1) is 44.3. The van der Waals surface area contributed by atoms with E-state index in [0.717, 1.165) is 30.4 Å². The fraction of sp³-hybridized carbons (Fsp3) is 0.614. The molecule has 4 aliphatic carbocycles. The van der Waals surface area contributed by atoms with Gasteiger partial charge in [0.2, 0.25) is 0 Å². The highest BCUT2D eigenvalue weighted by molar-refractivity contribution is 5.77. The number of rotatable bonds is 19. The Kier molecular flexibility index (Phi) is 14.0. The van der Waals surface area contributed by atoms with Gasteiger partial charge in [0.25, 0.3) is 0 Å². The summed E-state index contributed by atoms with van der Waals surface area (Å²) < 4.78 is 42.7. The number of alkyl carbamates (subject to hydrolysis) is 1. The number of hydrogen-bond donors (Lipinski definition) is 3. The van der Waals surface area contributed by atoms with E-state index in [1.165, 1.54) is 26.4 Å². The fourth-order valence-corrected chi connectivity index (χ4v) is 10.7. The van der Waals surface area contributed by atoms with Crippen molar-refractivity contribution in [3.8, 4) is 23.0 Å². The van der Waals surface area contributed by atoms with Crippen LogP contribution in [-0.2, 0) is 46.2 Å². The van der Waals surface area contributed by atoms with Gasteiger partial charge in [-0.2, -0.15) is 0 Å². The van der Waals surface area contributed by atoms with E-state index in [9.17, 15) is 24.0 Å². The van der Waals surface area contributed by atoms with E-state index < -0.39 is 36.1 Å². The molecule has 2 amide bonds. The molecule has 0 radical (unpaired) electrons.